The second kappa shape index (κ2) is 13.6. The number of ether oxygens (including phenoxy) is 1. The Bertz CT molecular complexity index is 1290. The smallest absolute Gasteiger partial charge is 0.410 e. The topological polar surface area (TPSA) is 79.2 Å². The van der Waals surface area contributed by atoms with Gasteiger partial charge in [-0.2, -0.15) is 0 Å². The lowest BCUT2D eigenvalue weighted by atomic mass is 9.91. The lowest BCUT2D eigenvalue weighted by molar-refractivity contribution is -0.384. The monoisotopic (exact) mass is 554 g/mol. The highest BCUT2D eigenvalue weighted by atomic mass is 16.6. The molecule has 0 radical (unpaired) electrons. The third kappa shape index (κ3) is 7.20. The van der Waals surface area contributed by atoms with Crippen molar-refractivity contribution in [3.8, 4) is 0 Å². The molecule has 8 nitrogen and oxygen atoms in total. The van der Waals surface area contributed by atoms with Gasteiger partial charge in [0.25, 0.3) is 5.69 Å². The van der Waals surface area contributed by atoms with Crippen LogP contribution in [-0.4, -0.2) is 70.5 Å². The molecule has 41 heavy (non-hydrogen) atoms. The zero-order valence-electron chi connectivity index (χ0n) is 23.4. The van der Waals surface area contributed by atoms with Crippen molar-refractivity contribution >= 4 is 11.8 Å². The Kier molecular flexibility index (Phi) is 9.44. The molecule has 5 rings (SSSR count). The number of likely N-dealkylation sites (tertiary alicyclic amines) is 2. The molecule has 2 heterocycles. The molecule has 0 spiro atoms. The number of non-ortho nitro benzene ring substituents is 1. The van der Waals surface area contributed by atoms with Gasteiger partial charge in [-0.25, -0.2) is 4.79 Å². The third-order valence-electron chi connectivity index (χ3n) is 8.32. The zero-order chi connectivity index (χ0) is 28.6. The minimum atomic E-state index is -0.442. The van der Waals surface area contributed by atoms with Gasteiger partial charge in [-0.1, -0.05) is 66.7 Å². The van der Waals surface area contributed by atoms with Crippen LogP contribution in [0.1, 0.15) is 35.4 Å². The first-order chi connectivity index (χ1) is 20.0. The molecule has 1 amide bonds. The number of nitro benzene ring substituents is 1. The van der Waals surface area contributed by atoms with Gasteiger partial charge in [0.05, 0.1) is 4.92 Å². The number of nitro groups is 1. The third-order valence-corrected chi connectivity index (χ3v) is 8.32. The summed E-state index contributed by atoms with van der Waals surface area (Å²) in [6.45, 7) is 9.18. The fourth-order valence-electron chi connectivity index (χ4n) is 6.22. The van der Waals surface area contributed by atoms with Gasteiger partial charge in [-0.3, -0.25) is 19.9 Å². The predicted octanol–water partition coefficient (Wildman–Crippen LogP) is 5.85. The van der Waals surface area contributed by atoms with Crippen LogP contribution in [0, 0.1) is 10.1 Å². The Balaban J connectivity index is 1.20. The van der Waals surface area contributed by atoms with Crippen molar-refractivity contribution in [3.63, 3.8) is 0 Å². The number of hydrogen-bond donors (Lipinski definition) is 0. The van der Waals surface area contributed by atoms with E-state index in [1.165, 1.54) is 23.3 Å². The lowest BCUT2D eigenvalue weighted by Gasteiger charge is -2.41. The van der Waals surface area contributed by atoms with Crippen LogP contribution in [0.4, 0.5) is 10.5 Å². The number of hydrogen-bond acceptors (Lipinski definition) is 6. The van der Waals surface area contributed by atoms with Gasteiger partial charge < -0.3 is 9.64 Å². The van der Waals surface area contributed by atoms with Crippen molar-refractivity contribution in [1.82, 2.24) is 14.7 Å². The van der Waals surface area contributed by atoms with Crippen LogP contribution in [0.25, 0.3) is 0 Å². The van der Waals surface area contributed by atoms with Crippen molar-refractivity contribution in [2.24, 2.45) is 0 Å². The minimum Gasteiger partial charge on any atom is -0.445 e. The van der Waals surface area contributed by atoms with E-state index in [2.05, 4.69) is 77.0 Å². The van der Waals surface area contributed by atoms with Gasteiger partial charge in [0.1, 0.15) is 6.61 Å². The second-order valence-electron chi connectivity index (χ2n) is 11.0. The van der Waals surface area contributed by atoms with E-state index >= 15 is 0 Å². The molecule has 3 aromatic carbocycles. The molecule has 2 fully saturated rings. The number of carbonyl (C=O) groups is 1. The second-order valence-corrected chi connectivity index (χ2v) is 11.0. The fraction of sp³-hybridized carbons (Fsp3) is 0.364. The first-order valence-electron chi connectivity index (χ1n) is 14.3. The quantitative estimate of drug-likeness (QED) is 0.178. The largest absolute Gasteiger partial charge is 0.445 e. The molecule has 0 N–H and O–H groups in total. The van der Waals surface area contributed by atoms with Crippen molar-refractivity contribution in [3.05, 3.63) is 124 Å². The first kappa shape index (κ1) is 28.5. The summed E-state index contributed by atoms with van der Waals surface area (Å²) in [6, 6.07) is 28.1. The van der Waals surface area contributed by atoms with E-state index < -0.39 is 4.92 Å². The standard InChI is InChI=1S/C33H38N4O4/c1-2-19-36(33(38)41-25-27-13-15-30(16-14-27)37(39)40)29-17-20-35(21-18-29)32-24-34(22-26-9-5-3-6-10-26)23-31(32)28-11-7-4-8-12-28/h2-16,29,31-32H,1,17-25H2/t31-,32+/m1/s1. The molecule has 2 aliphatic heterocycles. The highest BCUT2D eigenvalue weighted by Crippen LogP contribution is 2.34. The first-order valence-corrected chi connectivity index (χ1v) is 14.3. The zero-order valence-corrected chi connectivity index (χ0v) is 23.4. The van der Waals surface area contributed by atoms with E-state index in [4.69, 9.17) is 4.74 Å². The molecule has 214 valence electrons. The van der Waals surface area contributed by atoms with E-state index in [1.807, 2.05) is 0 Å². The van der Waals surface area contributed by atoms with E-state index in [0.717, 1.165) is 45.6 Å². The molecule has 2 saturated heterocycles. The van der Waals surface area contributed by atoms with Crippen LogP contribution >= 0.6 is 0 Å². The van der Waals surface area contributed by atoms with E-state index in [9.17, 15) is 14.9 Å². The van der Waals surface area contributed by atoms with Crippen molar-refractivity contribution in [1.29, 1.82) is 0 Å². The maximum absolute atomic E-state index is 13.1. The van der Waals surface area contributed by atoms with Crippen LogP contribution in [0.15, 0.2) is 97.6 Å². The fourth-order valence-corrected chi connectivity index (χ4v) is 6.22. The van der Waals surface area contributed by atoms with Gasteiger partial charge in [-0.05, 0) is 41.7 Å². The summed E-state index contributed by atoms with van der Waals surface area (Å²) in [6.07, 6.45) is 3.11. The predicted molar refractivity (Wildman–Crippen MR) is 159 cm³/mol. The van der Waals surface area contributed by atoms with Gasteiger partial charge in [0.2, 0.25) is 0 Å². The molecule has 0 aromatic heterocycles. The molecule has 0 bridgehead atoms. The number of carbonyl (C=O) groups excluding carboxylic acids is 1. The molecular formula is C33H38N4O4. The van der Waals surface area contributed by atoms with Crippen molar-refractivity contribution < 1.29 is 14.5 Å². The normalized spacial score (nSPS) is 20.0. The summed E-state index contributed by atoms with van der Waals surface area (Å²) in [4.78, 5) is 30.5. The average Bonchev–Trinajstić information content (AvgIpc) is 3.43. The van der Waals surface area contributed by atoms with Gasteiger partial charge >= 0.3 is 6.09 Å². The molecule has 0 saturated carbocycles. The van der Waals surface area contributed by atoms with E-state index in [1.54, 1.807) is 23.1 Å². The molecule has 0 unspecified atom stereocenters. The summed E-state index contributed by atoms with van der Waals surface area (Å²) in [5.74, 6) is 0.437. The highest BCUT2D eigenvalue weighted by molar-refractivity contribution is 5.68. The molecule has 2 aliphatic rings. The Labute approximate surface area is 242 Å². The summed E-state index contributed by atoms with van der Waals surface area (Å²) < 4.78 is 5.62. The van der Waals surface area contributed by atoms with Gasteiger partial charge in [0, 0.05) is 69.4 Å². The maximum Gasteiger partial charge on any atom is 0.410 e. The molecular weight excluding hydrogens is 516 g/mol. The number of piperidine rings is 1. The minimum absolute atomic E-state index is 0.0140. The number of amides is 1. The highest BCUT2D eigenvalue weighted by Gasteiger charge is 2.39. The van der Waals surface area contributed by atoms with E-state index in [-0.39, 0.29) is 24.4 Å². The Morgan fingerprint density at radius 1 is 0.951 bits per heavy atom. The molecule has 3 aromatic rings. The van der Waals surface area contributed by atoms with Crippen LogP contribution in [0.3, 0.4) is 0 Å². The Morgan fingerprint density at radius 2 is 1.61 bits per heavy atom. The Hall–Kier alpha value is -4.01. The number of benzene rings is 3. The Morgan fingerprint density at radius 3 is 2.24 bits per heavy atom. The summed E-state index contributed by atoms with van der Waals surface area (Å²) in [7, 11) is 0. The van der Waals surface area contributed by atoms with Crippen LogP contribution in [0.2, 0.25) is 0 Å². The van der Waals surface area contributed by atoms with Crippen LogP contribution in [-0.2, 0) is 17.9 Å². The van der Waals surface area contributed by atoms with Gasteiger partial charge in [-0.15, -0.1) is 6.58 Å². The van der Waals surface area contributed by atoms with Crippen molar-refractivity contribution in [2.75, 3.05) is 32.7 Å². The van der Waals surface area contributed by atoms with Crippen LogP contribution in [0.5, 0.6) is 0 Å². The lowest BCUT2D eigenvalue weighted by Crippen LogP contribution is -2.51. The SMILES string of the molecule is C=CCN(C(=O)OCc1ccc([N+](=O)[O-])cc1)C1CCN([C@H]2CN(Cc3ccccc3)C[C@@H]2c2ccccc2)CC1. The van der Waals surface area contributed by atoms with E-state index in [0.29, 0.717) is 24.1 Å². The van der Waals surface area contributed by atoms with Gasteiger partial charge in [0.15, 0.2) is 0 Å². The summed E-state index contributed by atoms with van der Waals surface area (Å²) in [5, 5.41) is 10.9. The molecule has 0 aliphatic carbocycles. The average molecular weight is 555 g/mol. The summed E-state index contributed by atoms with van der Waals surface area (Å²) >= 11 is 0. The summed E-state index contributed by atoms with van der Waals surface area (Å²) in [5.41, 5.74) is 3.45. The number of rotatable bonds is 10. The van der Waals surface area contributed by atoms with Crippen molar-refractivity contribution in [2.45, 2.75) is 44.0 Å². The molecule has 2 atom stereocenters. The van der Waals surface area contributed by atoms with Crippen LogP contribution < -0.4 is 0 Å². The number of nitrogens with zero attached hydrogens (tertiary/aromatic N) is 4. The maximum atomic E-state index is 13.1. The molecule has 8 heteroatoms.